The lowest BCUT2D eigenvalue weighted by molar-refractivity contribution is -0.143. The number of aromatic amines is 1. The van der Waals surface area contributed by atoms with Crippen molar-refractivity contribution >= 4 is 5.97 Å². The number of hydrogen-bond donors (Lipinski definition) is 1. The van der Waals surface area contributed by atoms with Crippen LogP contribution in [0.15, 0.2) is 0 Å². The standard InChI is InChI=1S/C10H15N3O2/c1-3-4-7-11-8(13-12-7)10(5-6-10)9(14)15-2/h3-6H2,1-2H3,(H,11,12,13). The molecule has 1 N–H and O–H groups in total. The van der Waals surface area contributed by atoms with E-state index in [4.69, 9.17) is 4.74 Å². The Bertz CT molecular complexity index is 368. The van der Waals surface area contributed by atoms with Gasteiger partial charge in [0.25, 0.3) is 0 Å². The van der Waals surface area contributed by atoms with Gasteiger partial charge >= 0.3 is 5.97 Å². The minimum atomic E-state index is -0.544. The van der Waals surface area contributed by atoms with Crippen LogP contribution in [-0.2, 0) is 21.4 Å². The summed E-state index contributed by atoms with van der Waals surface area (Å²) in [6.07, 6.45) is 3.47. The molecule has 5 nitrogen and oxygen atoms in total. The van der Waals surface area contributed by atoms with Crippen molar-refractivity contribution in [2.24, 2.45) is 0 Å². The van der Waals surface area contributed by atoms with Crippen LogP contribution in [-0.4, -0.2) is 28.3 Å². The molecule has 1 aliphatic carbocycles. The predicted octanol–water partition coefficient (Wildman–Crippen LogP) is 0.962. The highest BCUT2D eigenvalue weighted by atomic mass is 16.5. The van der Waals surface area contributed by atoms with Crippen LogP contribution in [0.4, 0.5) is 0 Å². The Morgan fingerprint density at radius 3 is 2.87 bits per heavy atom. The average molecular weight is 209 g/mol. The molecule has 0 radical (unpaired) electrons. The number of ether oxygens (including phenoxy) is 1. The normalized spacial score (nSPS) is 17.5. The zero-order valence-electron chi connectivity index (χ0n) is 9.04. The van der Waals surface area contributed by atoms with E-state index in [1.807, 2.05) is 0 Å². The van der Waals surface area contributed by atoms with Crippen LogP contribution in [0.25, 0.3) is 0 Å². The Labute approximate surface area is 88.2 Å². The molecule has 0 atom stereocenters. The van der Waals surface area contributed by atoms with Gasteiger partial charge in [-0.3, -0.25) is 9.89 Å². The molecule has 0 spiro atoms. The molecule has 0 bridgehead atoms. The summed E-state index contributed by atoms with van der Waals surface area (Å²) in [6.45, 7) is 2.08. The summed E-state index contributed by atoms with van der Waals surface area (Å²) >= 11 is 0. The van der Waals surface area contributed by atoms with Crippen molar-refractivity contribution < 1.29 is 9.53 Å². The molecule has 1 heterocycles. The van der Waals surface area contributed by atoms with Crippen molar-refractivity contribution in [2.45, 2.75) is 38.0 Å². The van der Waals surface area contributed by atoms with Crippen LogP contribution in [0, 0.1) is 0 Å². The first-order valence-corrected chi connectivity index (χ1v) is 5.23. The van der Waals surface area contributed by atoms with Crippen molar-refractivity contribution in [3.8, 4) is 0 Å². The number of hydrogen-bond acceptors (Lipinski definition) is 4. The molecule has 15 heavy (non-hydrogen) atoms. The van der Waals surface area contributed by atoms with Gasteiger partial charge in [-0.05, 0) is 19.3 Å². The fraction of sp³-hybridized carbons (Fsp3) is 0.700. The van der Waals surface area contributed by atoms with Crippen LogP contribution in [0.1, 0.15) is 37.8 Å². The maximum atomic E-state index is 11.5. The maximum Gasteiger partial charge on any atom is 0.319 e. The molecule has 0 unspecified atom stereocenters. The molecular formula is C10H15N3O2. The van der Waals surface area contributed by atoms with Crippen molar-refractivity contribution in [3.63, 3.8) is 0 Å². The van der Waals surface area contributed by atoms with Crippen molar-refractivity contribution in [3.05, 3.63) is 11.6 Å². The summed E-state index contributed by atoms with van der Waals surface area (Å²) in [7, 11) is 1.40. The molecule has 0 aromatic carbocycles. The Morgan fingerprint density at radius 1 is 1.60 bits per heavy atom. The molecular weight excluding hydrogens is 194 g/mol. The number of esters is 1. The number of nitrogens with zero attached hydrogens (tertiary/aromatic N) is 2. The number of rotatable bonds is 4. The molecule has 1 aliphatic rings. The van der Waals surface area contributed by atoms with Gasteiger partial charge in [0.1, 0.15) is 11.2 Å². The maximum absolute atomic E-state index is 11.5. The minimum absolute atomic E-state index is 0.218. The number of methoxy groups -OCH3 is 1. The van der Waals surface area contributed by atoms with Crippen LogP contribution < -0.4 is 0 Å². The Hall–Kier alpha value is -1.39. The monoisotopic (exact) mass is 209 g/mol. The summed E-state index contributed by atoms with van der Waals surface area (Å²) in [4.78, 5) is 15.9. The van der Waals surface area contributed by atoms with E-state index in [1.165, 1.54) is 7.11 Å². The summed E-state index contributed by atoms with van der Waals surface area (Å²) in [5.41, 5.74) is -0.544. The molecule has 0 aliphatic heterocycles. The second-order valence-corrected chi connectivity index (χ2v) is 3.93. The van der Waals surface area contributed by atoms with Gasteiger partial charge in [-0.1, -0.05) is 6.92 Å². The molecule has 5 heteroatoms. The fourth-order valence-corrected chi connectivity index (χ4v) is 1.70. The third kappa shape index (κ3) is 1.62. The van der Waals surface area contributed by atoms with E-state index in [1.54, 1.807) is 0 Å². The lowest BCUT2D eigenvalue weighted by Gasteiger charge is -2.06. The second kappa shape index (κ2) is 3.64. The highest BCUT2D eigenvalue weighted by molar-refractivity contribution is 5.85. The molecule has 1 aromatic rings. The zero-order valence-corrected chi connectivity index (χ0v) is 9.04. The Kier molecular flexibility index (Phi) is 2.46. The van der Waals surface area contributed by atoms with Gasteiger partial charge in [0, 0.05) is 6.42 Å². The van der Waals surface area contributed by atoms with E-state index in [0.717, 1.165) is 31.5 Å². The molecule has 1 aromatic heterocycles. The van der Waals surface area contributed by atoms with Crippen LogP contribution >= 0.6 is 0 Å². The van der Waals surface area contributed by atoms with E-state index in [0.29, 0.717) is 5.82 Å². The quantitative estimate of drug-likeness (QED) is 0.750. The first kappa shape index (κ1) is 10.1. The topological polar surface area (TPSA) is 67.9 Å². The molecule has 1 fully saturated rings. The minimum Gasteiger partial charge on any atom is -0.468 e. The van der Waals surface area contributed by atoms with Gasteiger partial charge in [-0.15, -0.1) is 0 Å². The molecule has 1 saturated carbocycles. The highest BCUT2D eigenvalue weighted by Gasteiger charge is 2.55. The van der Waals surface area contributed by atoms with Gasteiger partial charge in [0.15, 0.2) is 5.82 Å². The van der Waals surface area contributed by atoms with Gasteiger partial charge < -0.3 is 4.74 Å². The van der Waals surface area contributed by atoms with Crippen LogP contribution in [0.2, 0.25) is 0 Å². The van der Waals surface area contributed by atoms with Crippen molar-refractivity contribution in [2.75, 3.05) is 7.11 Å². The van der Waals surface area contributed by atoms with Gasteiger partial charge in [-0.25, -0.2) is 4.98 Å². The lowest BCUT2D eigenvalue weighted by atomic mass is 10.1. The van der Waals surface area contributed by atoms with Gasteiger partial charge in [-0.2, -0.15) is 5.10 Å². The number of carbonyl (C=O) groups excluding carboxylic acids is 1. The first-order chi connectivity index (χ1) is 7.23. The average Bonchev–Trinajstić information content (AvgIpc) is 2.93. The Balaban J connectivity index is 2.18. The SMILES string of the molecule is CCCc1nc(C2(C(=O)OC)CC2)n[nH]1. The first-order valence-electron chi connectivity index (χ1n) is 5.23. The van der Waals surface area contributed by atoms with Gasteiger partial charge in [0.2, 0.25) is 0 Å². The highest BCUT2D eigenvalue weighted by Crippen LogP contribution is 2.47. The molecule has 2 rings (SSSR count). The zero-order chi connectivity index (χ0) is 10.9. The predicted molar refractivity (Wildman–Crippen MR) is 53.3 cm³/mol. The van der Waals surface area contributed by atoms with Crippen molar-refractivity contribution in [1.82, 2.24) is 15.2 Å². The number of H-pyrrole nitrogens is 1. The van der Waals surface area contributed by atoms with E-state index >= 15 is 0 Å². The Morgan fingerprint density at radius 2 is 2.33 bits per heavy atom. The number of aromatic nitrogens is 3. The fourth-order valence-electron chi connectivity index (χ4n) is 1.70. The van der Waals surface area contributed by atoms with E-state index in [9.17, 15) is 4.79 Å². The van der Waals surface area contributed by atoms with Crippen LogP contribution in [0.3, 0.4) is 0 Å². The van der Waals surface area contributed by atoms with E-state index in [2.05, 4.69) is 22.1 Å². The largest absolute Gasteiger partial charge is 0.468 e. The number of carbonyl (C=O) groups is 1. The summed E-state index contributed by atoms with van der Waals surface area (Å²) < 4.78 is 4.77. The number of aryl methyl sites for hydroxylation is 1. The van der Waals surface area contributed by atoms with Gasteiger partial charge in [0.05, 0.1) is 7.11 Å². The van der Waals surface area contributed by atoms with Crippen LogP contribution in [0.5, 0.6) is 0 Å². The lowest BCUT2D eigenvalue weighted by Crippen LogP contribution is -2.23. The third-order valence-electron chi connectivity index (χ3n) is 2.77. The smallest absolute Gasteiger partial charge is 0.319 e. The molecule has 82 valence electrons. The van der Waals surface area contributed by atoms with E-state index < -0.39 is 5.41 Å². The summed E-state index contributed by atoms with van der Waals surface area (Å²) in [5, 5.41) is 6.96. The summed E-state index contributed by atoms with van der Waals surface area (Å²) in [6, 6.07) is 0. The molecule has 0 amide bonds. The second-order valence-electron chi connectivity index (χ2n) is 3.93. The van der Waals surface area contributed by atoms with Crippen molar-refractivity contribution in [1.29, 1.82) is 0 Å². The summed E-state index contributed by atoms with van der Waals surface area (Å²) in [5.74, 6) is 1.23. The third-order valence-corrected chi connectivity index (χ3v) is 2.77. The van der Waals surface area contributed by atoms with E-state index in [-0.39, 0.29) is 5.97 Å². The molecule has 0 saturated heterocycles. The number of nitrogens with one attached hydrogen (secondary N) is 1.